The van der Waals surface area contributed by atoms with E-state index in [2.05, 4.69) is 6.58 Å². The summed E-state index contributed by atoms with van der Waals surface area (Å²) in [5.41, 5.74) is 1.62. The Kier molecular flexibility index (Phi) is 24.9. The lowest BCUT2D eigenvalue weighted by Gasteiger charge is -2.37. The molecule has 0 fully saturated rings. The number of carbonyl (C=O) groups excluding carboxylic acids is 4. The molecule has 0 aromatic carbocycles. The fourth-order valence-electron chi connectivity index (χ4n) is 7.62. The van der Waals surface area contributed by atoms with E-state index in [9.17, 15) is 34.5 Å². The van der Waals surface area contributed by atoms with Gasteiger partial charge >= 0.3 is 5.97 Å². The smallest absolute Gasteiger partial charge is 0.329 e. The first kappa shape index (κ1) is 52.3. The van der Waals surface area contributed by atoms with Crippen LogP contribution in [0.3, 0.4) is 0 Å². The minimum absolute atomic E-state index is 0.0161. The molecule has 328 valence electrons. The highest BCUT2D eigenvalue weighted by Crippen LogP contribution is 2.30. The average Bonchev–Trinajstić information content (AvgIpc) is 3.17. The highest BCUT2D eigenvalue weighted by molar-refractivity contribution is 6.39. The van der Waals surface area contributed by atoms with E-state index >= 15 is 0 Å². The number of methoxy groups -OCH3 is 2. The summed E-state index contributed by atoms with van der Waals surface area (Å²) in [5.74, 6) is -7.86. The highest BCUT2D eigenvalue weighted by Gasteiger charge is 2.49. The second kappa shape index (κ2) is 27.1. The second-order valence-corrected chi connectivity index (χ2v) is 16.3. The molecule has 12 heteroatoms. The van der Waals surface area contributed by atoms with Gasteiger partial charge in [-0.25, -0.2) is 4.79 Å². The van der Waals surface area contributed by atoms with Gasteiger partial charge < -0.3 is 39.2 Å². The lowest BCUT2D eigenvalue weighted by molar-refractivity contribution is -0.237. The summed E-state index contributed by atoms with van der Waals surface area (Å²) in [4.78, 5) is 57.7. The van der Waals surface area contributed by atoms with E-state index in [1.165, 1.54) is 14.2 Å². The van der Waals surface area contributed by atoms with Crippen LogP contribution in [0.5, 0.6) is 0 Å². The zero-order valence-corrected chi connectivity index (χ0v) is 36.8. The molecular weight excluding hydrogens is 730 g/mol. The van der Waals surface area contributed by atoms with Gasteiger partial charge in [0.25, 0.3) is 11.7 Å². The van der Waals surface area contributed by atoms with Gasteiger partial charge in [0.15, 0.2) is 0 Å². The summed E-state index contributed by atoms with van der Waals surface area (Å²) in [6.07, 6.45) is 7.87. The number of esters is 1. The molecule has 0 spiro atoms. The van der Waals surface area contributed by atoms with Crippen molar-refractivity contribution in [2.75, 3.05) is 34.0 Å². The number of ketones is 2. The quantitative estimate of drug-likeness (QED) is 0.0621. The number of cyclic esters (lactones) is 1. The van der Waals surface area contributed by atoms with Crippen LogP contribution in [0.15, 0.2) is 36.0 Å². The Bertz CT molecular complexity index is 1310. The predicted octanol–water partition coefficient (Wildman–Crippen LogP) is 6.68. The highest BCUT2D eigenvalue weighted by atomic mass is 16.6. The Labute approximate surface area is 343 Å². The summed E-state index contributed by atoms with van der Waals surface area (Å²) in [6, 6.07) is -1.21. The molecule has 0 bridgehead atoms. The topological polar surface area (TPSA) is 169 Å². The molecule has 12 nitrogen and oxygen atoms in total. The summed E-state index contributed by atoms with van der Waals surface area (Å²) in [6.45, 7) is 18.5. The van der Waals surface area contributed by atoms with Crippen molar-refractivity contribution in [2.24, 2.45) is 23.7 Å². The van der Waals surface area contributed by atoms with Crippen LogP contribution in [0.25, 0.3) is 0 Å². The number of Topliss-reactive ketones (excluding diaryl/α,β-unsaturated/α-hetero) is 2. The van der Waals surface area contributed by atoms with E-state index in [1.54, 1.807) is 33.8 Å². The Morgan fingerprint density at radius 1 is 1.09 bits per heavy atom. The van der Waals surface area contributed by atoms with Crippen molar-refractivity contribution in [3.05, 3.63) is 36.0 Å². The number of unbranched alkanes of at least 4 members (excludes halogenated alkanes) is 1. The van der Waals surface area contributed by atoms with Crippen LogP contribution >= 0.6 is 0 Å². The minimum Gasteiger partial charge on any atom is -0.456 e. The van der Waals surface area contributed by atoms with Crippen LogP contribution in [0, 0.1) is 23.7 Å². The van der Waals surface area contributed by atoms with Crippen molar-refractivity contribution in [1.82, 2.24) is 4.90 Å². The van der Waals surface area contributed by atoms with Crippen LogP contribution in [-0.2, 0) is 38.1 Å². The monoisotopic (exact) mass is 808 g/mol. The molecule has 0 radical (unpaired) electrons. The summed E-state index contributed by atoms with van der Waals surface area (Å²) >= 11 is 0. The predicted molar refractivity (Wildman–Crippen MR) is 222 cm³/mol. The molecule has 57 heavy (non-hydrogen) atoms. The third kappa shape index (κ3) is 16.8. The maximum Gasteiger partial charge on any atom is 0.329 e. The fourth-order valence-corrected chi connectivity index (χ4v) is 7.62. The molecule has 0 saturated heterocycles. The molecule has 0 unspecified atom stereocenters. The van der Waals surface area contributed by atoms with Crippen molar-refractivity contribution >= 4 is 23.4 Å². The maximum atomic E-state index is 14.3. The van der Waals surface area contributed by atoms with Crippen LogP contribution in [0.2, 0.25) is 0 Å². The number of aliphatic hydroxyl groups excluding tert-OH is 2. The van der Waals surface area contributed by atoms with Crippen LogP contribution in [0.4, 0.5) is 0 Å². The van der Waals surface area contributed by atoms with E-state index in [0.29, 0.717) is 56.9 Å². The molecule has 1 amide bonds. The standard InChI is InChI=1S/C45H77NO11/c1-12-18-35-26-30(5)25-31(6)27-37(55-11)29-56-45(53,33(8)22-24-54-10)42(50)43(51)46(23-14-3)38(15-4)44(52)57-41(34(9)39(48)28-40(35)49)32(7)20-16-17-21-36(47)19-13-2/h12,20,26,31,33-39,41,47-48,53H,1,13-19,21-25,27-29H2,2-11H3/b30-26+,32-20+/t31-,33+,34+,35+,36+,37-,38-,39-,41+,45+/m0/s1. The Morgan fingerprint density at radius 3 is 2.35 bits per heavy atom. The van der Waals surface area contributed by atoms with Gasteiger partial charge in [0.2, 0.25) is 5.79 Å². The van der Waals surface area contributed by atoms with Gasteiger partial charge in [-0.05, 0) is 89.5 Å². The molecule has 0 saturated carbocycles. The van der Waals surface area contributed by atoms with Gasteiger partial charge in [-0.3, -0.25) is 14.4 Å². The third-order valence-corrected chi connectivity index (χ3v) is 11.2. The molecule has 1 heterocycles. The Hall–Kier alpha value is -2.74. The fraction of sp³-hybridized carbons (Fsp3) is 0.778. The zero-order chi connectivity index (χ0) is 43.3. The van der Waals surface area contributed by atoms with Crippen molar-refractivity contribution < 1.29 is 53.4 Å². The number of rotatable bonds is 17. The van der Waals surface area contributed by atoms with Crippen molar-refractivity contribution in [3.8, 4) is 0 Å². The van der Waals surface area contributed by atoms with Gasteiger partial charge in [-0.2, -0.15) is 0 Å². The number of amides is 1. The van der Waals surface area contributed by atoms with Crippen LogP contribution < -0.4 is 0 Å². The molecule has 0 aliphatic carbocycles. The first-order chi connectivity index (χ1) is 26.9. The van der Waals surface area contributed by atoms with Gasteiger partial charge in [0, 0.05) is 51.5 Å². The number of nitrogens with zero attached hydrogens (tertiary/aromatic N) is 1. The van der Waals surface area contributed by atoms with E-state index in [4.69, 9.17) is 18.9 Å². The molecule has 1 aliphatic heterocycles. The van der Waals surface area contributed by atoms with E-state index < -0.39 is 71.7 Å². The second-order valence-electron chi connectivity index (χ2n) is 16.3. The molecule has 10 atom stereocenters. The Morgan fingerprint density at radius 2 is 1.77 bits per heavy atom. The number of allylic oxidation sites excluding steroid dienone is 4. The van der Waals surface area contributed by atoms with Crippen molar-refractivity contribution in [3.63, 3.8) is 0 Å². The van der Waals surface area contributed by atoms with Gasteiger partial charge in [0.1, 0.15) is 17.9 Å². The first-order valence-corrected chi connectivity index (χ1v) is 21.2. The number of carbonyl (C=O) groups is 4. The number of aliphatic hydroxyl groups is 3. The minimum atomic E-state index is -2.55. The van der Waals surface area contributed by atoms with E-state index in [0.717, 1.165) is 16.9 Å². The largest absolute Gasteiger partial charge is 0.456 e. The van der Waals surface area contributed by atoms with Gasteiger partial charge in [-0.1, -0.05) is 71.8 Å². The summed E-state index contributed by atoms with van der Waals surface area (Å²) < 4.78 is 23.2. The molecule has 1 aliphatic rings. The Balaban J connectivity index is 3.88. The van der Waals surface area contributed by atoms with Crippen molar-refractivity contribution in [2.45, 2.75) is 169 Å². The molecule has 0 aromatic rings. The average molecular weight is 808 g/mol. The van der Waals surface area contributed by atoms with Gasteiger partial charge in [0.05, 0.1) is 24.9 Å². The van der Waals surface area contributed by atoms with Crippen LogP contribution in [0.1, 0.15) is 132 Å². The van der Waals surface area contributed by atoms with E-state index in [-0.39, 0.29) is 50.7 Å². The number of ether oxygens (including phenoxy) is 4. The number of hydrogen-bond acceptors (Lipinski definition) is 11. The van der Waals surface area contributed by atoms with Crippen molar-refractivity contribution in [1.29, 1.82) is 0 Å². The summed E-state index contributed by atoms with van der Waals surface area (Å²) in [5, 5.41) is 33.9. The molecule has 1 rings (SSSR count). The SMILES string of the molecule is C=CC[C@@H]1/C=C(\C)C[C@H](C)C[C@H](OC)CO[C@](O)([C@H](C)CCOC)C(=O)C(=O)N(CCC)[C@@H](CC)C(=O)O[C@H](/C(C)=C/CCC[C@H](O)CCC)[C@H](C)[C@@H](O)CC1=O. The third-order valence-electron chi connectivity index (χ3n) is 11.2. The maximum absolute atomic E-state index is 14.3. The van der Waals surface area contributed by atoms with Crippen LogP contribution in [-0.4, -0.2) is 114 Å². The molecule has 0 aromatic heterocycles. The van der Waals surface area contributed by atoms with Gasteiger partial charge in [-0.15, -0.1) is 6.58 Å². The zero-order valence-electron chi connectivity index (χ0n) is 36.8. The first-order valence-electron chi connectivity index (χ1n) is 21.2. The normalized spacial score (nSPS) is 30.5. The summed E-state index contributed by atoms with van der Waals surface area (Å²) in [7, 11) is 3.01. The van der Waals surface area contributed by atoms with E-state index in [1.807, 2.05) is 39.8 Å². The molecular formula is C45H77NO11. The molecule has 3 N–H and O–H groups in total. The number of hydrogen-bond donors (Lipinski definition) is 3. The lowest BCUT2D eigenvalue weighted by Crippen LogP contribution is -2.58. The lowest BCUT2D eigenvalue weighted by atomic mass is 9.85.